The molecule has 0 unspecified atom stereocenters. The van der Waals surface area contributed by atoms with Crippen LogP contribution in [0.4, 0.5) is 0 Å². The standard InChI is InChI=1S/C19H14N2/c1-2-6-14(7-3-1)17-11-10-15-8-4-5-9-16(15)18(17)19-20-12-13-21-19/h1-13H,(H,20,21). The number of aromatic amines is 1. The highest BCUT2D eigenvalue weighted by atomic mass is 14.9. The molecule has 1 heterocycles. The van der Waals surface area contributed by atoms with E-state index < -0.39 is 0 Å². The average Bonchev–Trinajstić information content (AvgIpc) is 3.08. The Hall–Kier alpha value is -2.87. The topological polar surface area (TPSA) is 28.7 Å². The van der Waals surface area contributed by atoms with Gasteiger partial charge in [-0.1, -0.05) is 66.7 Å². The Labute approximate surface area is 123 Å². The van der Waals surface area contributed by atoms with Gasteiger partial charge < -0.3 is 4.98 Å². The van der Waals surface area contributed by atoms with Gasteiger partial charge in [-0.05, 0) is 21.9 Å². The number of H-pyrrole nitrogens is 1. The number of nitrogens with zero attached hydrogens (tertiary/aromatic N) is 1. The number of imidazole rings is 1. The molecule has 0 aliphatic rings. The van der Waals surface area contributed by atoms with E-state index in [1.54, 1.807) is 6.20 Å². The summed E-state index contributed by atoms with van der Waals surface area (Å²) in [7, 11) is 0. The number of fused-ring (bicyclic) bond motifs is 1. The summed E-state index contributed by atoms with van der Waals surface area (Å²) in [6.07, 6.45) is 3.66. The predicted molar refractivity (Wildman–Crippen MR) is 87.0 cm³/mol. The molecule has 0 fully saturated rings. The van der Waals surface area contributed by atoms with Crippen molar-refractivity contribution in [3.05, 3.63) is 79.1 Å². The van der Waals surface area contributed by atoms with Crippen LogP contribution in [0.15, 0.2) is 79.1 Å². The molecule has 3 aromatic carbocycles. The van der Waals surface area contributed by atoms with Crippen molar-refractivity contribution in [3.63, 3.8) is 0 Å². The molecule has 0 amide bonds. The van der Waals surface area contributed by atoms with Crippen molar-refractivity contribution in [1.82, 2.24) is 9.97 Å². The van der Waals surface area contributed by atoms with Crippen molar-refractivity contribution in [2.75, 3.05) is 0 Å². The third kappa shape index (κ3) is 2.01. The lowest BCUT2D eigenvalue weighted by atomic mass is 9.94. The minimum absolute atomic E-state index is 0.908. The first-order valence-electron chi connectivity index (χ1n) is 7.00. The third-order valence-corrected chi connectivity index (χ3v) is 3.75. The van der Waals surface area contributed by atoms with Crippen LogP contribution in [0.5, 0.6) is 0 Å². The molecule has 0 saturated heterocycles. The molecule has 0 atom stereocenters. The van der Waals surface area contributed by atoms with Gasteiger partial charge in [0.05, 0.1) is 0 Å². The minimum Gasteiger partial charge on any atom is -0.345 e. The number of aromatic nitrogens is 2. The molecule has 0 aliphatic heterocycles. The molecular formula is C19H14N2. The number of benzene rings is 3. The summed E-state index contributed by atoms with van der Waals surface area (Å²) < 4.78 is 0. The van der Waals surface area contributed by atoms with Crippen LogP contribution in [0.1, 0.15) is 0 Å². The third-order valence-electron chi connectivity index (χ3n) is 3.75. The first kappa shape index (κ1) is 11.9. The first-order valence-corrected chi connectivity index (χ1v) is 7.00. The van der Waals surface area contributed by atoms with Crippen LogP contribution < -0.4 is 0 Å². The zero-order valence-electron chi connectivity index (χ0n) is 11.5. The summed E-state index contributed by atoms with van der Waals surface area (Å²) in [6.45, 7) is 0. The van der Waals surface area contributed by atoms with E-state index in [0.29, 0.717) is 0 Å². The molecule has 4 aromatic rings. The van der Waals surface area contributed by atoms with Crippen LogP contribution in [0.3, 0.4) is 0 Å². The molecule has 0 aliphatic carbocycles. The largest absolute Gasteiger partial charge is 0.345 e. The SMILES string of the molecule is c1ccc(-c2ccc3ccccc3c2-c2ncc[nH]2)cc1. The molecule has 0 bridgehead atoms. The van der Waals surface area contributed by atoms with Crippen LogP contribution >= 0.6 is 0 Å². The summed E-state index contributed by atoms with van der Waals surface area (Å²) in [5.41, 5.74) is 3.56. The summed E-state index contributed by atoms with van der Waals surface area (Å²) in [6, 6.07) is 23.2. The molecule has 100 valence electrons. The fourth-order valence-corrected chi connectivity index (χ4v) is 2.79. The van der Waals surface area contributed by atoms with E-state index in [1.807, 2.05) is 12.3 Å². The zero-order valence-corrected chi connectivity index (χ0v) is 11.5. The minimum atomic E-state index is 0.908. The van der Waals surface area contributed by atoms with Crippen molar-refractivity contribution < 1.29 is 0 Å². The molecule has 0 radical (unpaired) electrons. The van der Waals surface area contributed by atoms with Crippen molar-refractivity contribution in [3.8, 4) is 22.5 Å². The van der Waals surface area contributed by atoms with Crippen LogP contribution in [-0.2, 0) is 0 Å². The highest BCUT2D eigenvalue weighted by molar-refractivity contribution is 6.02. The van der Waals surface area contributed by atoms with E-state index in [9.17, 15) is 0 Å². The molecule has 21 heavy (non-hydrogen) atoms. The summed E-state index contributed by atoms with van der Waals surface area (Å²) >= 11 is 0. The van der Waals surface area contributed by atoms with Crippen LogP contribution in [0.25, 0.3) is 33.3 Å². The van der Waals surface area contributed by atoms with E-state index in [0.717, 1.165) is 11.4 Å². The smallest absolute Gasteiger partial charge is 0.138 e. The number of hydrogen-bond donors (Lipinski definition) is 1. The summed E-state index contributed by atoms with van der Waals surface area (Å²) in [5.74, 6) is 0.908. The maximum absolute atomic E-state index is 4.47. The zero-order chi connectivity index (χ0) is 14.1. The van der Waals surface area contributed by atoms with E-state index in [2.05, 4.69) is 70.6 Å². The Morgan fingerprint density at radius 1 is 0.762 bits per heavy atom. The molecule has 1 N–H and O–H groups in total. The van der Waals surface area contributed by atoms with E-state index in [4.69, 9.17) is 0 Å². The fraction of sp³-hybridized carbons (Fsp3) is 0. The molecule has 0 spiro atoms. The van der Waals surface area contributed by atoms with Crippen LogP contribution in [0.2, 0.25) is 0 Å². The van der Waals surface area contributed by atoms with Crippen molar-refractivity contribution in [1.29, 1.82) is 0 Å². The Morgan fingerprint density at radius 2 is 1.57 bits per heavy atom. The normalized spacial score (nSPS) is 10.9. The van der Waals surface area contributed by atoms with Gasteiger partial charge in [0.2, 0.25) is 0 Å². The van der Waals surface area contributed by atoms with Gasteiger partial charge in [-0.15, -0.1) is 0 Å². The molecule has 4 rings (SSSR count). The molecular weight excluding hydrogens is 256 g/mol. The maximum atomic E-state index is 4.47. The molecule has 0 saturated carbocycles. The maximum Gasteiger partial charge on any atom is 0.138 e. The monoisotopic (exact) mass is 270 g/mol. The quantitative estimate of drug-likeness (QED) is 0.551. The van der Waals surface area contributed by atoms with Gasteiger partial charge in [0.15, 0.2) is 0 Å². The van der Waals surface area contributed by atoms with Gasteiger partial charge in [-0.2, -0.15) is 0 Å². The second-order valence-electron chi connectivity index (χ2n) is 5.01. The second-order valence-corrected chi connectivity index (χ2v) is 5.01. The van der Waals surface area contributed by atoms with Crippen molar-refractivity contribution in [2.45, 2.75) is 0 Å². The van der Waals surface area contributed by atoms with Gasteiger partial charge in [0.25, 0.3) is 0 Å². The second kappa shape index (κ2) is 4.91. The van der Waals surface area contributed by atoms with E-state index >= 15 is 0 Å². The lowest BCUT2D eigenvalue weighted by molar-refractivity contribution is 1.32. The Bertz CT molecular complexity index is 878. The predicted octanol–water partition coefficient (Wildman–Crippen LogP) is 4.90. The highest BCUT2D eigenvalue weighted by Crippen LogP contribution is 2.36. The van der Waals surface area contributed by atoms with Gasteiger partial charge in [0, 0.05) is 18.0 Å². The van der Waals surface area contributed by atoms with E-state index in [-0.39, 0.29) is 0 Å². The summed E-state index contributed by atoms with van der Waals surface area (Å²) in [4.78, 5) is 7.71. The Kier molecular flexibility index (Phi) is 2.79. The highest BCUT2D eigenvalue weighted by Gasteiger charge is 2.12. The number of rotatable bonds is 2. The molecule has 2 heteroatoms. The first-order chi connectivity index (χ1) is 10.4. The molecule has 1 aromatic heterocycles. The Morgan fingerprint density at radius 3 is 2.38 bits per heavy atom. The average molecular weight is 270 g/mol. The van der Waals surface area contributed by atoms with Crippen molar-refractivity contribution in [2.24, 2.45) is 0 Å². The number of nitrogens with one attached hydrogen (secondary N) is 1. The van der Waals surface area contributed by atoms with Crippen LogP contribution in [0, 0.1) is 0 Å². The summed E-state index contributed by atoms with van der Waals surface area (Å²) in [5, 5.41) is 2.44. The molecule has 2 nitrogen and oxygen atoms in total. The lowest BCUT2D eigenvalue weighted by Crippen LogP contribution is -1.89. The van der Waals surface area contributed by atoms with Crippen molar-refractivity contribution >= 4 is 10.8 Å². The fourth-order valence-electron chi connectivity index (χ4n) is 2.79. The number of hydrogen-bond acceptors (Lipinski definition) is 1. The van der Waals surface area contributed by atoms with Gasteiger partial charge in [-0.3, -0.25) is 0 Å². The van der Waals surface area contributed by atoms with Gasteiger partial charge in [-0.25, -0.2) is 4.98 Å². The van der Waals surface area contributed by atoms with E-state index in [1.165, 1.54) is 21.9 Å². The van der Waals surface area contributed by atoms with Gasteiger partial charge in [0.1, 0.15) is 5.82 Å². The lowest BCUT2D eigenvalue weighted by Gasteiger charge is -2.11. The van der Waals surface area contributed by atoms with Gasteiger partial charge >= 0.3 is 0 Å². The Balaban J connectivity index is 2.10. The van der Waals surface area contributed by atoms with Crippen LogP contribution in [-0.4, -0.2) is 9.97 Å².